The molecule has 0 fully saturated rings. The van der Waals surface area contributed by atoms with Crippen molar-refractivity contribution in [2.45, 2.75) is 13.3 Å². The summed E-state index contributed by atoms with van der Waals surface area (Å²) >= 11 is 0. The van der Waals surface area contributed by atoms with Crippen LogP contribution in [0.15, 0.2) is 73.2 Å². The molecule has 28 heavy (non-hydrogen) atoms. The fraction of sp³-hybridized carbons (Fsp3) is 0.136. The Hall–Kier alpha value is -3.67. The quantitative estimate of drug-likeness (QED) is 0.556. The predicted octanol–water partition coefficient (Wildman–Crippen LogP) is 3.98. The summed E-state index contributed by atoms with van der Waals surface area (Å²) in [6, 6.07) is 17.2. The molecule has 0 saturated carbocycles. The highest BCUT2D eigenvalue weighted by Gasteiger charge is 2.07. The number of imidazole rings is 1. The highest BCUT2D eigenvalue weighted by molar-refractivity contribution is 5.92. The Morgan fingerprint density at radius 1 is 1.11 bits per heavy atom. The van der Waals surface area contributed by atoms with E-state index in [0.717, 1.165) is 17.7 Å². The second-order valence-electron chi connectivity index (χ2n) is 6.36. The van der Waals surface area contributed by atoms with Crippen LogP contribution in [0.2, 0.25) is 0 Å². The number of aromatic nitrogens is 3. The van der Waals surface area contributed by atoms with Gasteiger partial charge in [0.25, 0.3) is 5.91 Å². The molecular formula is C22H20N4O2. The first-order chi connectivity index (χ1) is 13.7. The first-order valence-corrected chi connectivity index (χ1v) is 9.13. The van der Waals surface area contributed by atoms with Gasteiger partial charge in [0.1, 0.15) is 5.75 Å². The first-order valence-electron chi connectivity index (χ1n) is 9.13. The molecule has 1 amide bonds. The summed E-state index contributed by atoms with van der Waals surface area (Å²) in [5.74, 6) is 1.13. The van der Waals surface area contributed by atoms with Crippen LogP contribution < -0.4 is 10.1 Å². The summed E-state index contributed by atoms with van der Waals surface area (Å²) in [5.41, 5.74) is 3.73. The van der Waals surface area contributed by atoms with Gasteiger partial charge in [0.05, 0.1) is 5.69 Å². The summed E-state index contributed by atoms with van der Waals surface area (Å²) in [7, 11) is 0. The van der Waals surface area contributed by atoms with Crippen molar-refractivity contribution in [2.75, 3.05) is 11.9 Å². The molecule has 6 nitrogen and oxygen atoms in total. The number of ether oxygens (including phenoxy) is 1. The number of fused-ring (bicyclic) bond motifs is 1. The van der Waals surface area contributed by atoms with Crippen molar-refractivity contribution in [2.24, 2.45) is 0 Å². The van der Waals surface area contributed by atoms with Gasteiger partial charge in [0.15, 0.2) is 6.61 Å². The van der Waals surface area contributed by atoms with Crippen LogP contribution in [0.25, 0.3) is 17.0 Å². The van der Waals surface area contributed by atoms with E-state index in [0.29, 0.717) is 17.2 Å². The Kier molecular flexibility index (Phi) is 5.01. The van der Waals surface area contributed by atoms with Crippen molar-refractivity contribution in [1.82, 2.24) is 14.4 Å². The minimum absolute atomic E-state index is 0.0364. The zero-order chi connectivity index (χ0) is 19.3. The highest BCUT2D eigenvalue weighted by Crippen LogP contribution is 2.21. The Labute approximate surface area is 162 Å². The number of benzene rings is 2. The lowest BCUT2D eigenvalue weighted by Crippen LogP contribution is -2.20. The number of nitrogens with zero attached hydrogens (tertiary/aromatic N) is 3. The molecule has 0 aliphatic carbocycles. The van der Waals surface area contributed by atoms with Gasteiger partial charge in [-0.05, 0) is 42.3 Å². The molecule has 2 heterocycles. The molecule has 0 atom stereocenters. The largest absolute Gasteiger partial charge is 0.484 e. The molecule has 0 unspecified atom stereocenters. The lowest BCUT2D eigenvalue weighted by Gasteiger charge is -2.08. The SMILES string of the molecule is CCc1ccc(OCC(=O)Nc2ccc(-c3cn4cccnc4n3)cc2)cc1. The van der Waals surface area contributed by atoms with Crippen molar-refractivity contribution in [3.8, 4) is 17.0 Å². The average Bonchev–Trinajstić information content (AvgIpc) is 3.17. The molecule has 0 aliphatic heterocycles. The van der Waals surface area contributed by atoms with E-state index in [1.807, 2.05) is 71.4 Å². The van der Waals surface area contributed by atoms with E-state index in [4.69, 9.17) is 4.74 Å². The van der Waals surface area contributed by atoms with Gasteiger partial charge in [-0.2, -0.15) is 0 Å². The molecular weight excluding hydrogens is 352 g/mol. The van der Waals surface area contributed by atoms with Crippen LogP contribution in [-0.2, 0) is 11.2 Å². The van der Waals surface area contributed by atoms with Gasteiger partial charge in [-0.15, -0.1) is 0 Å². The van der Waals surface area contributed by atoms with E-state index in [1.54, 1.807) is 6.20 Å². The molecule has 4 aromatic rings. The maximum absolute atomic E-state index is 12.1. The van der Waals surface area contributed by atoms with Crippen LogP contribution in [0.1, 0.15) is 12.5 Å². The number of amides is 1. The number of hydrogen-bond donors (Lipinski definition) is 1. The fourth-order valence-electron chi connectivity index (χ4n) is 2.86. The van der Waals surface area contributed by atoms with Gasteiger partial charge in [0.2, 0.25) is 5.78 Å². The van der Waals surface area contributed by atoms with Gasteiger partial charge >= 0.3 is 0 Å². The van der Waals surface area contributed by atoms with Gasteiger partial charge in [-0.25, -0.2) is 9.97 Å². The van der Waals surface area contributed by atoms with Crippen LogP contribution >= 0.6 is 0 Å². The summed E-state index contributed by atoms with van der Waals surface area (Å²) in [5, 5.41) is 2.84. The van der Waals surface area contributed by atoms with E-state index in [-0.39, 0.29) is 12.5 Å². The summed E-state index contributed by atoms with van der Waals surface area (Å²) < 4.78 is 7.40. The van der Waals surface area contributed by atoms with Crippen LogP contribution in [-0.4, -0.2) is 26.9 Å². The van der Waals surface area contributed by atoms with Crippen LogP contribution in [0.3, 0.4) is 0 Å². The molecule has 2 aromatic heterocycles. The molecule has 4 rings (SSSR count). The van der Waals surface area contributed by atoms with Crippen molar-refractivity contribution in [3.05, 3.63) is 78.8 Å². The second kappa shape index (κ2) is 7.92. The Bertz CT molecular complexity index is 1050. The number of nitrogens with one attached hydrogen (secondary N) is 1. The maximum Gasteiger partial charge on any atom is 0.262 e. The monoisotopic (exact) mass is 372 g/mol. The summed E-state index contributed by atoms with van der Waals surface area (Å²) in [4.78, 5) is 20.8. The number of anilines is 1. The zero-order valence-corrected chi connectivity index (χ0v) is 15.5. The molecule has 6 heteroatoms. The van der Waals surface area contributed by atoms with Crippen LogP contribution in [0.4, 0.5) is 5.69 Å². The van der Waals surface area contributed by atoms with E-state index in [2.05, 4.69) is 22.2 Å². The van der Waals surface area contributed by atoms with Crippen molar-refractivity contribution < 1.29 is 9.53 Å². The maximum atomic E-state index is 12.1. The van der Waals surface area contributed by atoms with Gasteiger partial charge < -0.3 is 10.1 Å². The number of hydrogen-bond acceptors (Lipinski definition) is 4. The molecule has 0 saturated heterocycles. The van der Waals surface area contributed by atoms with Gasteiger partial charge in [-0.1, -0.05) is 31.2 Å². The lowest BCUT2D eigenvalue weighted by molar-refractivity contribution is -0.118. The lowest BCUT2D eigenvalue weighted by atomic mass is 10.1. The predicted molar refractivity (Wildman–Crippen MR) is 108 cm³/mol. The van der Waals surface area contributed by atoms with Gasteiger partial charge in [-0.3, -0.25) is 9.20 Å². The fourth-order valence-corrected chi connectivity index (χ4v) is 2.86. The van der Waals surface area contributed by atoms with Crippen LogP contribution in [0, 0.1) is 0 Å². The number of carbonyl (C=O) groups is 1. The number of carbonyl (C=O) groups excluding carboxylic acids is 1. The molecule has 0 aliphatic rings. The minimum atomic E-state index is -0.204. The topological polar surface area (TPSA) is 68.5 Å². The summed E-state index contributed by atoms with van der Waals surface area (Å²) in [6.45, 7) is 2.06. The van der Waals surface area contributed by atoms with Crippen molar-refractivity contribution in [3.63, 3.8) is 0 Å². The smallest absolute Gasteiger partial charge is 0.262 e. The Balaban J connectivity index is 1.36. The number of rotatable bonds is 6. The normalized spacial score (nSPS) is 10.8. The van der Waals surface area contributed by atoms with Gasteiger partial charge in [0, 0.05) is 29.8 Å². The standard InChI is InChI=1S/C22H20N4O2/c1-2-16-4-10-19(11-5-16)28-15-21(27)24-18-8-6-17(7-9-18)20-14-26-13-3-12-23-22(26)25-20/h3-14H,2,15H2,1H3,(H,24,27). The van der Waals surface area contributed by atoms with E-state index in [9.17, 15) is 4.79 Å². The van der Waals surface area contributed by atoms with Crippen molar-refractivity contribution in [1.29, 1.82) is 0 Å². The molecule has 1 N–H and O–H groups in total. The van der Waals surface area contributed by atoms with E-state index in [1.165, 1.54) is 5.56 Å². The average molecular weight is 372 g/mol. The third-order valence-electron chi connectivity index (χ3n) is 4.40. The Morgan fingerprint density at radius 3 is 2.61 bits per heavy atom. The minimum Gasteiger partial charge on any atom is -0.484 e. The van der Waals surface area contributed by atoms with Crippen LogP contribution in [0.5, 0.6) is 5.75 Å². The number of aryl methyl sites for hydroxylation is 1. The zero-order valence-electron chi connectivity index (χ0n) is 15.5. The van der Waals surface area contributed by atoms with E-state index < -0.39 is 0 Å². The van der Waals surface area contributed by atoms with Crippen molar-refractivity contribution >= 4 is 17.4 Å². The first kappa shape index (κ1) is 17.7. The molecule has 0 bridgehead atoms. The Morgan fingerprint density at radius 2 is 1.89 bits per heavy atom. The molecule has 140 valence electrons. The van der Waals surface area contributed by atoms with E-state index >= 15 is 0 Å². The highest BCUT2D eigenvalue weighted by atomic mass is 16.5. The third-order valence-corrected chi connectivity index (χ3v) is 4.40. The molecule has 0 radical (unpaired) electrons. The second-order valence-corrected chi connectivity index (χ2v) is 6.36. The summed E-state index contributed by atoms with van der Waals surface area (Å²) in [6.07, 6.45) is 6.52. The third kappa shape index (κ3) is 4.01. The molecule has 2 aromatic carbocycles. The molecule has 0 spiro atoms.